The van der Waals surface area contributed by atoms with Crippen LogP contribution in [0.5, 0.6) is 5.75 Å². The van der Waals surface area contributed by atoms with E-state index in [0.29, 0.717) is 29.3 Å². The molecule has 2 amide bonds. The van der Waals surface area contributed by atoms with Gasteiger partial charge in [0.1, 0.15) is 5.75 Å². The fraction of sp³-hybridized carbons (Fsp3) is 0.211. The van der Waals surface area contributed by atoms with Gasteiger partial charge >= 0.3 is 0 Å². The van der Waals surface area contributed by atoms with Gasteiger partial charge in [0.15, 0.2) is 6.61 Å². The molecule has 1 aliphatic rings. The zero-order valence-corrected chi connectivity index (χ0v) is 13.8. The predicted molar refractivity (Wildman–Crippen MR) is 95.3 cm³/mol. The van der Waals surface area contributed by atoms with Gasteiger partial charge < -0.3 is 20.8 Å². The molecule has 6 nitrogen and oxygen atoms in total. The lowest BCUT2D eigenvalue weighted by molar-refractivity contribution is -0.119. The third-order valence-corrected chi connectivity index (χ3v) is 4.03. The lowest BCUT2D eigenvalue weighted by Crippen LogP contribution is -2.30. The molecule has 1 unspecified atom stereocenters. The summed E-state index contributed by atoms with van der Waals surface area (Å²) in [6.07, 6.45) is 0. The minimum absolute atomic E-state index is 0.00103. The summed E-state index contributed by atoms with van der Waals surface area (Å²) in [6.45, 7) is 1.79. The number of rotatable bonds is 5. The number of hydrogen-bond donors (Lipinski definition) is 3. The second kappa shape index (κ2) is 7.17. The Balaban J connectivity index is 1.90. The molecule has 3 N–H and O–H groups in total. The van der Waals surface area contributed by atoms with Crippen LogP contribution in [0.3, 0.4) is 0 Å². The van der Waals surface area contributed by atoms with Crippen molar-refractivity contribution in [3.8, 4) is 5.75 Å². The molecule has 0 saturated heterocycles. The summed E-state index contributed by atoms with van der Waals surface area (Å²) >= 11 is 0. The molecule has 0 spiro atoms. The van der Waals surface area contributed by atoms with Crippen LogP contribution in [-0.2, 0) is 9.59 Å². The Kier molecular flexibility index (Phi) is 4.79. The van der Waals surface area contributed by atoms with E-state index in [1.807, 2.05) is 30.3 Å². The zero-order valence-electron chi connectivity index (χ0n) is 13.8. The van der Waals surface area contributed by atoms with Crippen molar-refractivity contribution in [2.24, 2.45) is 0 Å². The van der Waals surface area contributed by atoms with Crippen LogP contribution in [-0.4, -0.2) is 30.7 Å². The summed E-state index contributed by atoms with van der Waals surface area (Å²) in [6, 6.07) is 14.9. The van der Waals surface area contributed by atoms with E-state index in [-0.39, 0.29) is 24.3 Å². The van der Waals surface area contributed by atoms with Crippen LogP contribution in [0.2, 0.25) is 0 Å². The first-order chi connectivity index (χ1) is 12.0. The van der Waals surface area contributed by atoms with Crippen molar-refractivity contribution in [2.45, 2.75) is 12.8 Å². The quantitative estimate of drug-likeness (QED) is 0.731. The monoisotopic (exact) mass is 337 g/mol. The molecular formula is C19H19N3O3. The summed E-state index contributed by atoms with van der Waals surface area (Å²) in [5, 5.41) is 14.2. The molecular weight excluding hydrogens is 318 g/mol. The number of hydrogen-bond acceptors (Lipinski definition) is 4. The number of ether oxygens (including phenoxy) is 1. The number of fused-ring (bicyclic) bond motifs is 1. The van der Waals surface area contributed by atoms with Crippen LogP contribution in [0, 0.1) is 5.41 Å². The van der Waals surface area contributed by atoms with E-state index in [2.05, 4.69) is 10.6 Å². The maximum Gasteiger partial charge on any atom is 0.262 e. The molecule has 0 saturated carbocycles. The molecule has 0 radical (unpaired) electrons. The number of amides is 2. The van der Waals surface area contributed by atoms with Crippen LogP contribution in [0.15, 0.2) is 48.5 Å². The average molecular weight is 337 g/mol. The Labute approximate surface area is 145 Å². The fourth-order valence-corrected chi connectivity index (χ4v) is 2.77. The third kappa shape index (κ3) is 3.85. The Bertz CT molecular complexity index is 818. The third-order valence-electron chi connectivity index (χ3n) is 4.03. The fourth-order valence-electron chi connectivity index (χ4n) is 2.77. The SMILES string of the molecule is CC(=O)NCC(C(=N)c1ccc2c(c1)NC(=O)CO2)c1ccccc1. The van der Waals surface area contributed by atoms with Gasteiger partial charge in [0.2, 0.25) is 5.91 Å². The summed E-state index contributed by atoms with van der Waals surface area (Å²) < 4.78 is 5.36. The first kappa shape index (κ1) is 16.7. The first-order valence-electron chi connectivity index (χ1n) is 7.99. The van der Waals surface area contributed by atoms with Gasteiger partial charge in [-0.15, -0.1) is 0 Å². The highest BCUT2D eigenvalue weighted by Crippen LogP contribution is 2.30. The van der Waals surface area contributed by atoms with E-state index >= 15 is 0 Å². The van der Waals surface area contributed by atoms with Gasteiger partial charge in [-0.1, -0.05) is 30.3 Å². The van der Waals surface area contributed by atoms with E-state index in [0.717, 1.165) is 5.56 Å². The maximum atomic E-state index is 11.5. The van der Waals surface area contributed by atoms with E-state index in [1.54, 1.807) is 18.2 Å². The molecule has 1 atom stereocenters. The molecule has 1 heterocycles. The highest BCUT2D eigenvalue weighted by molar-refractivity contribution is 6.05. The number of nitrogens with one attached hydrogen (secondary N) is 3. The lowest BCUT2D eigenvalue weighted by atomic mass is 9.89. The predicted octanol–water partition coefficient (Wildman–Crippen LogP) is 2.31. The Hall–Kier alpha value is -3.15. The van der Waals surface area contributed by atoms with E-state index in [1.165, 1.54) is 6.92 Å². The number of anilines is 1. The maximum absolute atomic E-state index is 11.5. The molecule has 0 bridgehead atoms. The van der Waals surface area contributed by atoms with Gasteiger partial charge in [0, 0.05) is 25.1 Å². The molecule has 0 aromatic heterocycles. The Morgan fingerprint density at radius 3 is 2.76 bits per heavy atom. The summed E-state index contributed by atoms with van der Waals surface area (Å²) in [4.78, 5) is 22.8. The summed E-state index contributed by atoms with van der Waals surface area (Å²) in [7, 11) is 0. The van der Waals surface area contributed by atoms with Crippen LogP contribution < -0.4 is 15.4 Å². The van der Waals surface area contributed by atoms with Gasteiger partial charge in [-0.25, -0.2) is 0 Å². The van der Waals surface area contributed by atoms with Gasteiger partial charge in [-0.2, -0.15) is 0 Å². The molecule has 25 heavy (non-hydrogen) atoms. The van der Waals surface area contributed by atoms with Crippen molar-refractivity contribution < 1.29 is 14.3 Å². The van der Waals surface area contributed by atoms with E-state index in [9.17, 15) is 9.59 Å². The molecule has 0 fully saturated rings. The average Bonchev–Trinajstić information content (AvgIpc) is 2.61. The first-order valence-corrected chi connectivity index (χ1v) is 7.99. The smallest absolute Gasteiger partial charge is 0.262 e. The minimum Gasteiger partial charge on any atom is -0.482 e. The lowest BCUT2D eigenvalue weighted by Gasteiger charge is -2.22. The Morgan fingerprint density at radius 1 is 1.28 bits per heavy atom. The molecule has 1 aliphatic heterocycles. The van der Waals surface area contributed by atoms with Crippen LogP contribution in [0.1, 0.15) is 24.0 Å². The zero-order chi connectivity index (χ0) is 17.8. The van der Waals surface area contributed by atoms with Gasteiger partial charge in [0.05, 0.1) is 5.69 Å². The second-order valence-corrected chi connectivity index (χ2v) is 5.86. The van der Waals surface area contributed by atoms with E-state index < -0.39 is 0 Å². The standard InChI is InChI=1S/C19H19N3O3/c1-12(23)21-10-15(13-5-3-2-4-6-13)19(20)14-7-8-17-16(9-14)22-18(24)11-25-17/h2-9,15,20H,10-11H2,1H3,(H,21,23)(H,22,24). The topological polar surface area (TPSA) is 91.3 Å². The van der Waals surface area contributed by atoms with Gasteiger partial charge in [-0.3, -0.25) is 9.59 Å². The molecule has 3 rings (SSSR count). The minimum atomic E-state index is -0.289. The highest BCUT2D eigenvalue weighted by atomic mass is 16.5. The van der Waals surface area contributed by atoms with Crippen molar-refractivity contribution >= 4 is 23.2 Å². The van der Waals surface area contributed by atoms with Crippen LogP contribution in [0.25, 0.3) is 0 Å². The Morgan fingerprint density at radius 2 is 2.04 bits per heavy atom. The van der Waals surface area contributed by atoms with Crippen LogP contribution in [0.4, 0.5) is 5.69 Å². The van der Waals surface area contributed by atoms with E-state index in [4.69, 9.17) is 10.1 Å². The van der Waals surface area contributed by atoms with Crippen molar-refractivity contribution in [1.29, 1.82) is 5.41 Å². The van der Waals surface area contributed by atoms with Crippen molar-refractivity contribution in [3.63, 3.8) is 0 Å². The molecule has 2 aromatic carbocycles. The largest absolute Gasteiger partial charge is 0.482 e. The number of benzene rings is 2. The summed E-state index contributed by atoms with van der Waals surface area (Å²) in [5.74, 6) is -0.0495. The van der Waals surface area contributed by atoms with Crippen molar-refractivity contribution in [1.82, 2.24) is 5.32 Å². The molecule has 128 valence electrons. The van der Waals surface area contributed by atoms with Gasteiger partial charge in [0.25, 0.3) is 5.91 Å². The molecule has 2 aromatic rings. The molecule has 6 heteroatoms. The number of carbonyl (C=O) groups excluding carboxylic acids is 2. The highest BCUT2D eigenvalue weighted by Gasteiger charge is 2.22. The normalized spacial score (nSPS) is 13.9. The van der Waals surface area contributed by atoms with Gasteiger partial charge in [-0.05, 0) is 29.3 Å². The van der Waals surface area contributed by atoms with Crippen molar-refractivity contribution in [2.75, 3.05) is 18.5 Å². The second-order valence-electron chi connectivity index (χ2n) is 5.86. The van der Waals surface area contributed by atoms with Crippen LogP contribution >= 0.6 is 0 Å². The summed E-state index contributed by atoms with van der Waals surface area (Å²) in [5.41, 5.74) is 2.54. The number of carbonyl (C=O) groups is 2. The molecule has 0 aliphatic carbocycles. The van der Waals surface area contributed by atoms with Crippen molar-refractivity contribution in [3.05, 3.63) is 59.7 Å².